The van der Waals surface area contributed by atoms with Crippen LogP contribution in [0.25, 0.3) is 0 Å². The molecule has 0 aliphatic heterocycles. The number of likely N-dealkylation sites (N-methyl/N-ethyl adjacent to an activating group) is 1. The second-order valence-electron chi connectivity index (χ2n) is 8.30. The number of carbonyl (C=O) groups is 2. The Morgan fingerprint density at radius 3 is 1.93 bits per heavy atom. The van der Waals surface area contributed by atoms with Gasteiger partial charge in [0.1, 0.15) is 0 Å². The van der Waals surface area contributed by atoms with Gasteiger partial charge in [-0.3, -0.25) is 4.55 Å². The summed E-state index contributed by atoms with van der Waals surface area (Å²) in [6.45, 7) is 5.52. The van der Waals surface area contributed by atoms with Crippen molar-refractivity contribution in [2.24, 2.45) is 0 Å². The zero-order chi connectivity index (χ0) is 22.4. The van der Waals surface area contributed by atoms with Crippen molar-refractivity contribution in [3.63, 3.8) is 0 Å². The maximum Gasteiger partial charge on any atom is 0.359 e. The number of aliphatic carboxylic acids is 1. The number of hydrogen-bond acceptors (Lipinski definition) is 5. The fourth-order valence-corrected chi connectivity index (χ4v) is 2.74. The molecule has 0 heterocycles. The summed E-state index contributed by atoms with van der Waals surface area (Å²) in [5.41, 5.74) is 0. The van der Waals surface area contributed by atoms with Gasteiger partial charge in [0.05, 0.1) is 60.7 Å². The van der Waals surface area contributed by atoms with E-state index in [1.165, 1.54) is 0 Å². The number of quaternary nitrogens is 2. The molecule has 2 N–H and O–H groups in total. The van der Waals surface area contributed by atoms with Crippen LogP contribution < -0.4 is 0 Å². The molecule has 0 aromatic heterocycles. The largest absolute Gasteiger partial charge is 0.477 e. The van der Waals surface area contributed by atoms with Crippen LogP contribution in [0.3, 0.4) is 0 Å². The summed E-state index contributed by atoms with van der Waals surface area (Å²) in [6.07, 6.45) is 4.33. The summed E-state index contributed by atoms with van der Waals surface area (Å²) in [4.78, 5) is 20.8. The Bertz CT molecular complexity index is 581. The minimum atomic E-state index is -3.86. The topological polar surface area (TPSA) is 118 Å². The molecule has 0 aromatic rings. The van der Waals surface area contributed by atoms with Gasteiger partial charge in [0.25, 0.3) is 10.1 Å². The van der Waals surface area contributed by atoms with Gasteiger partial charge in [0.15, 0.2) is 6.54 Å². The summed E-state index contributed by atoms with van der Waals surface area (Å²) < 4.78 is 36.0. The lowest BCUT2D eigenvalue weighted by molar-refractivity contribution is -0.890. The summed E-state index contributed by atoms with van der Waals surface area (Å²) in [5, 5.41) is 8.23. The van der Waals surface area contributed by atoms with Gasteiger partial charge in [-0.15, -0.1) is 0 Å². The number of esters is 1. The highest BCUT2D eigenvalue weighted by molar-refractivity contribution is 7.85. The molecule has 0 atom stereocenters. The van der Waals surface area contributed by atoms with Gasteiger partial charge in [0.2, 0.25) is 0 Å². The third-order valence-corrected chi connectivity index (χ3v) is 4.40. The smallest absolute Gasteiger partial charge is 0.359 e. The Labute approximate surface area is 169 Å². The van der Waals surface area contributed by atoms with Crippen molar-refractivity contribution in [2.75, 3.05) is 67.2 Å². The summed E-state index contributed by atoms with van der Waals surface area (Å²) >= 11 is 0. The summed E-state index contributed by atoms with van der Waals surface area (Å²) in [6, 6.07) is 0. The SMILES string of the molecule is C=CC(=O)OCCCCC[N+](C)(C)CCCS(=O)(=O)O.C[N+](C)(C)CC(=O)O. The zero-order valence-electron chi connectivity index (χ0n) is 17.9. The van der Waals surface area contributed by atoms with E-state index in [1.807, 2.05) is 35.2 Å². The average molecular weight is 427 g/mol. The molecule has 10 heteroatoms. The number of rotatable bonds is 13. The molecule has 166 valence electrons. The van der Waals surface area contributed by atoms with Crippen LogP contribution >= 0.6 is 0 Å². The molecular weight excluding hydrogens is 388 g/mol. The fraction of sp³-hybridized carbons (Fsp3) is 0.778. The van der Waals surface area contributed by atoms with Crippen molar-refractivity contribution in [1.82, 2.24) is 0 Å². The number of carboxylic acids is 1. The van der Waals surface area contributed by atoms with Gasteiger partial charge >= 0.3 is 11.9 Å². The number of unbranched alkanes of at least 4 members (excludes halogenated alkanes) is 2. The van der Waals surface area contributed by atoms with E-state index in [0.29, 0.717) is 28.5 Å². The third kappa shape index (κ3) is 24.5. The quantitative estimate of drug-likeness (QED) is 0.148. The lowest BCUT2D eigenvalue weighted by Gasteiger charge is -2.29. The van der Waals surface area contributed by atoms with Crippen molar-refractivity contribution in [1.29, 1.82) is 0 Å². The predicted octanol–water partition coefficient (Wildman–Crippen LogP) is 1.02. The van der Waals surface area contributed by atoms with Crippen molar-refractivity contribution in [2.45, 2.75) is 25.7 Å². The van der Waals surface area contributed by atoms with Gasteiger partial charge in [0, 0.05) is 12.5 Å². The van der Waals surface area contributed by atoms with Crippen molar-refractivity contribution < 1.29 is 41.4 Å². The predicted molar refractivity (Wildman–Crippen MR) is 108 cm³/mol. The molecule has 0 spiro atoms. The average Bonchev–Trinajstić information content (AvgIpc) is 2.46. The van der Waals surface area contributed by atoms with Gasteiger partial charge in [-0.05, 0) is 19.3 Å². The molecule has 0 unspecified atom stereocenters. The first-order valence-corrected chi connectivity index (χ1v) is 10.8. The molecule has 0 amide bonds. The van der Waals surface area contributed by atoms with E-state index in [0.717, 1.165) is 31.9 Å². The first kappa shape index (κ1) is 28.7. The Balaban J connectivity index is 0. The monoisotopic (exact) mass is 426 g/mol. The maximum absolute atomic E-state index is 10.8. The van der Waals surface area contributed by atoms with E-state index in [1.54, 1.807) is 0 Å². The van der Waals surface area contributed by atoms with E-state index < -0.39 is 22.1 Å². The van der Waals surface area contributed by atoms with E-state index in [9.17, 15) is 18.0 Å². The second kappa shape index (κ2) is 13.6. The number of carboxylic acid groups (broad SMARTS) is 1. The van der Waals surface area contributed by atoms with E-state index in [-0.39, 0.29) is 12.3 Å². The van der Waals surface area contributed by atoms with Crippen molar-refractivity contribution >= 4 is 22.1 Å². The number of hydrogen-bond donors (Lipinski definition) is 2. The van der Waals surface area contributed by atoms with Gasteiger partial charge < -0.3 is 18.8 Å². The molecule has 28 heavy (non-hydrogen) atoms. The Morgan fingerprint density at radius 2 is 1.54 bits per heavy atom. The normalized spacial score (nSPS) is 11.9. The third-order valence-electron chi connectivity index (χ3n) is 3.59. The molecule has 0 radical (unpaired) electrons. The second-order valence-corrected chi connectivity index (χ2v) is 9.87. The summed E-state index contributed by atoms with van der Waals surface area (Å²) in [7, 11) is 5.73. The van der Waals surface area contributed by atoms with Crippen LogP contribution in [0.4, 0.5) is 0 Å². The maximum atomic E-state index is 10.8. The number of ether oxygens (including phenoxy) is 1. The first-order chi connectivity index (χ1) is 12.6. The van der Waals surface area contributed by atoms with Crippen molar-refractivity contribution in [3.05, 3.63) is 12.7 Å². The highest BCUT2D eigenvalue weighted by Gasteiger charge is 2.16. The highest BCUT2D eigenvalue weighted by Crippen LogP contribution is 2.06. The number of nitrogens with zero attached hydrogens (tertiary/aromatic N) is 2. The van der Waals surface area contributed by atoms with E-state index in [4.69, 9.17) is 14.4 Å². The molecule has 0 rings (SSSR count). The van der Waals surface area contributed by atoms with Crippen LogP contribution in [0.15, 0.2) is 12.7 Å². The van der Waals surface area contributed by atoms with Gasteiger partial charge in [-0.25, -0.2) is 9.59 Å². The van der Waals surface area contributed by atoms with Gasteiger partial charge in [-0.1, -0.05) is 6.58 Å². The Morgan fingerprint density at radius 1 is 1.00 bits per heavy atom. The standard InChI is InChI=1S/C13H25NO5S.C5H11NO2/c1-4-13(15)19-11-7-5-6-9-14(2,3)10-8-12-20(16,17)18;1-6(2,3)4-5(7)8/h4H,1,5-12H2,2-3H3;4H2,1-3H3/p+2. The number of carbonyl (C=O) groups excluding carboxylic acids is 1. The lowest BCUT2D eigenvalue weighted by atomic mass is 10.2. The van der Waals surface area contributed by atoms with E-state index in [2.05, 4.69) is 6.58 Å². The van der Waals surface area contributed by atoms with Crippen LogP contribution in [0.1, 0.15) is 25.7 Å². The molecule has 0 aliphatic carbocycles. The molecule has 0 aliphatic rings. The van der Waals surface area contributed by atoms with Crippen LogP contribution in [0.2, 0.25) is 0 Å². The molecule has 0 saturated carbocycles. The van der Waals surface area contributed by atoms with E-state index >= 15 is 0 Å². The van der Waals surface area contributed by atoms with Crippen LogP contribution in [0, 0.1) is 0 Å². The minimum absolute atomic E-state index is 0.181. The Hall–Kier alpha value is -1.49. The van der Waals surface area contributed by atoms with Crippen LogP contribution in [-0.2, 0) is 24.4 Å². The van der Waals surface area contributed by atoms with Crippen molar-refractivity contribution in [3.8, 4) is 0 Å². The highest BCUT2D eigenvalue weighted by atomic mass is 32.2. The van der Waals surface area contributed by atoms with Crippen LogP contribution in [-0.4, -0.2) is 106 Å². The minimum Gasteiger partial charge on any atom is -0.477 e. The molecule has 0 bridgehead atoms. The lowest BCUT2D eigenvalue weighted by Crippen LogP contribution is -2.41. The zero-order valence-corrected chi connectivity index (χ0v) is 18.7. The fourth-order valence-electron chi connectivity index (χ4n) is 2.24. The van der Waals surface area contributed by atoms with Crippen LogP contribution in [0.5, 0.6) is 0 Å². The molecule has 0 fully saturated rings. The Kier molecular flexibility index (Phi) is 14.0. The molecule has 0 saturated heterocycles. The van der Waals surface area contributed by atoms with Gasteiger partial charge in [-0.2, -0.15) is 8.42 Å². The molecule has 0 aromatic carbocycles. The first-order valence-electron chi connectivity index (χ1n) is 9.16. The summed E-state index contributed by atoms with van der Waals surface area (Å²) in [5.74, 6) is -1.34. The molecule has 9 nitrogen and oxygen atoms in total. The molecular formula is C18H38N2O7S+2.